The molecule has 0 bridgehead atoms. The van der Waals surface area contributed by atoms with Crippen LogP contribution in [0.3, 0.4) is 0 Å². The van der Waals surface area contributed by atoms with Gasteiger partial charge in [0.2, 0.25) is 0 Å². The summed E-state index contributed by atoms with van der Waals surface area (Å²) in [5.74, 6) is -0.390. The van der Waals surface area contributed by atoms with E-state index in [1.165, 1.54) is 24.3 Å². The van der Waals surface area contributed by atoms with Gasteiger partial charge in [-0.1, -0.05) is 0 Å². The Bertz CT molecular complexity index is 340. The molecule has 88 valence electrons. The summed E-state index contributed by atoms with van der Waals surface area (Å²) in [4.78, 5) is 12.1. The first-order valence-corrected chi connectivity index (χ1v) is 4.99. The fourth-order valence-corrected chi connectivity index (χ4v) is 1.26. The van der Waals surface area contributed by atoms with E-state index in [0.29, 0.717) is 18.9 Å². The van der Waals surface area contributed by atoms with E-state index in [1.807, 2.05) is 6.92 Å². The van der Waals surface area contributed by atoms with E-state index < -0.39 is 6.09 Å². The lowest BCUT2D eigenvalue weighted by Crippen LogP contribution is -2.32. The van der Waals surface area contributed by atoms with Gasteiger partial charge in [-0.15, -0.1) is 0 Å². The molecule has 0 fully saturated rings. The first-order chi connectivity index (χ1) is 7.65. The molecule has 0 aliphatic rings. The number of carboxylic acid groups (broad SMARTS) is 1. The Kier molecular flexibility index (Phi) is 4.72. The Morgan fingerprint density at radius 2 is 2.06 bits per heavy atom. The normalized spacial score (nSPS) is 10.1. The second kappa shape index (κ2) is 6.07. The molecular formula is C11H14FNO3. The van der Waals surface area contributed by atoms with Crippen molar-refractivity contribution in [2.24, 2.45) is 0 Å². The van der Waals surface area contributed by atoms with Crippen molar-refractivity contribution in [3.05, 3.63) is 30.1 Å². The molecule has 1 amide bonds. The maximum absolute atomic E-state index is 12.7. The molecule has 0 aliphatic carbocycles. The quantitative estimate of drug-likeness (QED) is 0.785. The Hall–Kier alpha value is -1.62. The van der Waals surface area contributed by atoms with Crippen molar-refractivity contribution >= 4 is 11.8 Å². The molecule has 0 unspecified atom stereocenters. The predicted octanol–water partition coefficient (Wildman–Crippen LogP) is 2.35. The van der Waals surface area contributed by atoms with Gasteiger partial charge < -0.3 is 9.84 Å². The van der Waals surface area contributed by atoms with Gasteiger partial charge in [-0.3, -0.25) is 4.90 Å². The summed E-state index contributed by atoms with van der Waals surface area (Å²) < 4.78 is 17.7. The lowest BCUT2D eigenvalue weighted by Gasteiger charge is -2.18. The number of nitrogens with zero attached hydrogens (tertiary/aromatic N) is 1. The van der Waals surface area contributed by atoms with Crippen LogP contribution >= 0.6 is 0 Å². The summed E-state index contributed by atoms with van der Waals surface area (Å²) in [7, 11) is 0. The van der Waals surface area contributed by atoms with Crippen LogP contribution in [0.1, 0.15) is 6.92 Å². The average Bonchev–Trinajstić information content (AvgIpc) is 2.26. The molecule has 0 radical (unpaired) electrons. The molecule has 4 nitrogen and oxygen atoms in total. The van der Waals surface area contributed by atoms with Crippen LogP contribution in [0, 0.1) is 5.82 Å². The highest BCUT2D eigenvalue weighted by Gasteiger charge is 2.13. The average molecular weight is 227 g/mol. The van der Waals surface area contributed by atoms with E-state index in [2.05, 4.69) is 0 Å². The van der Waals surface area contributed by atoms with Gasteiger partial charge in [0.05, 0.1) is 13.2 Å². The van der Waals surface area contributed by atoms with Crippen LogP contribution in [0.2, 0.25) is 0 Å². The van der Waals surface area contributed by atoms with E-state index in [9.17, 15) is 9.18 Å². The lowest BCUT2D eigenvalue weighted by molar-refractivity contribution is 0.150. The van der Waals surface area contributed by atoms with E-state index in [1.54, 1.807) is 0 Å². The van der Waals surface area contributed by atoms with Crippen LogP contribution in [0.15, 0.2) is 24.3 Å². The van der Waals surface area contributed by atoms with Crippen molar-refractivity contribution in [3.63, 3.8) is 0 Å². The zero-order chi connectivity index (χ0) is 12.0. The topological polar surface area (TPSA) is 49.8 Å². The first kappa shape index (κ1) is 12.4. The monoisotopic (exact) mass is 227 g/mol. The van der Waals surface area contributed by atoms with Crippen LogP contribution in [-0.4, -0.2) is 31.0 Å². The highest BCUT2D eigenvalue weighted by Crippen LogP contribution is 2.14. The number of ether oxygens (including phenoxy) is 1. The van der Waals surface area contributed by atoms with Crippen LogP contribution in [0.4, 0.5) is 14.9 Å². The Morgan fingerprint density at radius 1 is 1.44 bits per heavy atom. The van der Waals surface area contributed by atoms with Crippen molar-refractivity contribution in [2.45, 2.75) is 6.92 Å². The Labute approximate surface area is 93.3 Å². The van der Waals surface area contributed by atoms with E-state index >= 15 is 0 Å². The van der Waals surface area contributed by atoms with Crippen molar-refractivity contribution < 1.29 is 19.0 Å². The molecule has 1 rings (SSSR count). The van der Waals surface area contributed by atoms with E-state index in [4.69, 9.17) is 9.84 Å². The summed E-state index contributed by atoms with van der Waals surface area (Å²) in [6.07, 6.45) is -1.08. The fourth-order valence-electron chi connectivity index (χ4n) is 1.26. The van der Waals surface area contributed by atoms with Crippen LogP contribution in [-0.2, 0) is 4.74 Å². The molecule has 0 atom stereocenters. The standard InChI is InChI=1S/C11H14FNO3/c1-2-16-8-7-13(11(14)15)10-5-3-9(12)4-6-10/h3-6H,2,7-8H2,1H3,(H,14,15). The van der Waals surface area contributed by atoms with Crippen molar-refractivity contribution in [2.75, 3.05) is 24.7 Å². The number of amides is 1. The van der Waals surface area contributed by atoms with Crippen molar-refractivity contribution in [3.8, 4) is 0 Å². The number of carbonyl (C=O) groups is 1. The smallest absolute Gasteiger partial charge is 0.411 e. The zero-order valence-electron chi connectivity index (χ0n) is 9.02. The third-order valence-corrected chi connectivity index (χ3v) is 2.03. The Balaban J connectivity index is 2.69. The maximum Gasteiger partial charge on any atom is 0.411 e. The summed E-state index contributed by atoms with van der Waals surface area (Å²) in [6, 6.07) is 5.31. The minimum atomic E-state index is -1.08. The number of benzene rings is 1. The third-order valence-electron chi connectivity index (χ3n) is 2.03. The van der Waals surface area contributed by atoms with Gasteiger partial charge >= 0.3 is 6.09 Å². The van der Waals surface area contributed by atoms with E-state index in [-0.39, 0.29) is 12.4 Å². The highest BCUT2D eigenvalue weighted by atomic mass is 19.1. The number of halogens is 1. The summed E-state index contributed by atoms with van der Waals surface area (Å²) in [5, 5.41) is 8.97. The number of rotatable bonds is 5. The molecule has 16 heavy (non-hydrogen) atoms. The molecule has 1 aromatic rings. The molecule has 0 spiro atoms. The molecule has 5 heteroatoms. The molecule has 1 N–H and O–H groups in total. The van der Waals surface area contributed by atoms with Crippen molar-refractivity contribution in [1.82, 2.24) is 0 Å². The SMILES string of the molecule is CCOCCN(C(=O)O)c1ccc(F)cc1. The van der Waals surface area contributed by atoms with Gasteiger partial charge in [0.25, 0.3) is 0 Å². The molecule has 0 saturated carbocycles. The first-order valence-electron chi connectivity index (χ1n) is 4.99. The summed E-state index contributed by atoms with van der Waals surface area (Å²) >= 11 is 0. The number of hydrogen-bond acceptors (Lipinski definition) is 2. The third kappa shape index (κ3) is 3.51. The largest absolute Gasteiger partial charge is 0.465 e. The molecular weight excluding hydrogens is 213 g/mol. The van der Waals surface area contributed by atoms with Gasteiger partial charge in [0.15, 0.2) is 0 Å². The lowest BCUT2D eigenvalue weighted by atomic mass is 10.3. The fraction of sp³-hybridized carbons (Fsp3) is 0.364. The van der Waals surface area contributed by atoms with E-state index in [0.717, 1.165) is 4.90 Å². The predicted molar refractivity (Wildman–Crippen MR) is 58.3 cm³/mol. The Morgan fingerprint density at radius 3 is 2.56 bits per heavy atom. The molecule has 0 aliphatic heterocycles. The number of hydrogen-bond donors (Lipinski definition) is 1. The summed E-state index contributed by atoms with van der Waals surface area (Å²) in [5.41, 5.74) is 0.439. The second-order valence-corrected chi connectivity index (χ2v) is 3.11. The molecule has 0 heterocycles. The molecule has 1 aromatic carbocycles. The highest BCUT2D eigenvalue weighted by molar-refractivity contribution is 5.85. The minimum Gasteiger partial charge on any atom is -0.465 e. The van der Waals surface area contributed by atoms with Gasteiger partial charge in [0, 0.05) is 12.3 Å². The van der Waals surface area contributed by atoms with Crippen LogP contribution in [0.5, 0.6) is 0 Å². The van der Waals surface area contributed by atoms with Gasteiger partial charge in [0.1, 0.15) is 5.82 Å². The molecule has 0 saturated heterocycles. The molecule has 0 aromatic heterocycles. The van der Waals surface area contributed by atoms with Gasteiger partial charge in [-0.05, 0) is 31.2 Å². The van der Waals surface area contributed by atoms with Crippen molar-refractivity contribution in [1.29, 1.82) is 0 Å². The zero-order valence-corrected chi connectivity index (χ0v) is 9.02. The van der Waals surface area contributed by atoms with Crippen LogP contribution < -0.4 is 4.90 Å². The number of anilines is 1. The minimum absolute atomic E-state index is 0.231. The van der Waals surface area contributed by atoms with Crippen LogP contribution in [0.25, 0.3) is 0 Å². The summed E-state index contributed by atoms with van der Waals surface area (Å²) in [6.45, 7) is 2.93. The maximum atomic E-state index is 12.7. The van der Waals surface area contributed by atoms with Gasteiger partial charge in [-0.2, -0.15) is 0 Å². The second-order valence-electron chi connectivity index (χ2n) is 3.11. The van der Waals surface area contributed by atoms with Gasteiger partial charge in [-0.25, -0.2) is 9.18 Å².